The summed E-state index contributed by atoms with van der Waals surface area (Å²) < 4.78 is 18.1. The average molecular weight is 461 g/mol. The molecule has 0 amide bonds. The Morgan fingerprint density at radius 2 is 1.47 bits per heavy atom. The molecule has 2 heterocycles. The van der Waals surface area contributed by atoms with Crippen molar-refractivity contribution in [1.82, 2.24) is 0 Å². The first-order valence-corrected chi connectivity index (χ1v) is 11.5. The van der Waals surface area contributed by atoms with Gasteiger partial charge in [0.25, 0.3) is 0 Å². The lowest BCUT2D eigenvalue weighted by Crippen LogP contribution is -2.61. The number of aliphatic hydroxyl groups excluding tert-OH is 2. The fourth-order valence-corrected chi connectivity index (χ4v) is 4.33. The van der Waals surface area contributed by atoms with Crippen molar-refractivity contribution in [2.45, 2.75) is 43.2 Å². The molecular formula is C27H28N2O5. The summed E-state index contributed by atoms with van der Waals surface area (Å²) in [5, 5.41) is 26.5. The van der Waals surface area contributed by atoms with Gasteiger partial charge >= 0.3 is 0 Å². The predicted octanol–water partition coefficient (Wildman–Crippen LogP) is 3.50. The summed E-state index contributed by atoms with van der Waals surface area (Å²) in [6.07, 6.45) is -4.42. The van der Waals surface area contributed by atoms with Crippen molar-refractivity contribution < 1.29 is 24.4 Å². The van der Waals surface area contributed by atoms with Crippen LogP contribution in [0.2, 0.25) is 0 Å². The second-order valence-electron chi connectivity index (χ2n) is 8.48. The molecule has 2 saturated heterocycles. The van der Waals surface area contributed by atoms with E-state index in [1.807, 2.05) is 91.0 Å². The lowest BCUT2D eigenvalue weighted by atomic mass is 9.90. The van der Waals surface area contributed by atoms with E-state index < -0.39 is 36.8 Å². The molecule has 0 bridgehead atoms. The Balaban J connectivity index is 1.32. The zero-order valence-corrected chi connectivity index (χ0v) is 18.6. The number of nitrogens with one attached hydrogen (secondary N) is 1. The summed E-state index contributed by atoms with van der Waals surface area (Å²) in [6.45, 7) is 0.255. The third-order valence-electron chi connectivity index (χ3n) is 6.14. The van der Waals surface area contributed by atoms with Gasteiger partial charge in [0.2, 0.25) is 0 Å². The minimum Gasteiger partial charge on any atom is -0.388 e. The van der Waals surface area contributed by atoms with Gasteiger partial charge in [0.1, 0.15) is 24.4 Å². The number of hydrogen-bond acceptors (Lipinski definition) is 7. The molecule has 0 saturated carbocycles. The predicted molar refractivity (Wildman–Crippen MR) is 128 cm³/mol. The van der Waals surface area contributed by atoms with Gasteiger partial charge in [-0.05, 0) is 17.7 Å². The Kier molecular flexibility index (Phi) is 6.99. The summed E-state index contributed by atoms with van der Waals surface area (Å²) in [5.74, 6) is 0. The molecule has 7 nitrogen and oxygen atoms in total. The molecule has 3 aromatic rings. The van der Waals surface area contributed by atoms with E-state index in [1.54, 1.807) is 0 Å². The van der Waals surface area contributed by atoms with Crippen LogP contribution in [0.3, 0.4) is 0 Å². The van der Waals surface area contributed by atoms with Gasteiger partial charge in [-0.2, -0.15) is 5.10 Å². The lowest BCUT2D eigenvalue weighted by Gasteiger charge is -2.46. The number of benzene rings is 3. The highest BCUT2D eigenvalue weighted by atomic mass is 16.7. The van der Waals surface area contributed by atoms with Crippen LogP contribution in [0.4, 0.5) is 5.69 Å². The highest BCUT2D eigenvalue weighted by Crippen LogP contribution is 2.35. The van der Waals surface area contributed by atoms with Crippen LogP contribution in [-0.2, 0) is 14.2 Å². The number of nitrogens with zero attached hydrogens (tertiary/aromatic N) is 1. The standard InChI is InChI=1S/C27H28N2O5/c30-24-22(16-21(18-10-4-1-5-11-18)29-28-20-14-8-3-9-15-20)33-23-17-32-27(34-26(23)25(24)31)19-12-6-2-7-13-19/h1-15,22-28,30-31H,16-17H2/b29-21-/t22-,23+,24-,25+,26+,27?/m0/s1. The van der Waals surface area contributed by atoms with E-state index in [0.29, 0.717) is 12.1 Å². The SMILES string of the molecule is O[C@@H]1[C@@H](O)[C@H](C/C(=N/Nc2ccccc2)c2ccccc2)O[C@@H]2COC(c3ccccc3)O[C@@H]12. The molecule has 5 rings (SSSR count). The van der Waals surface area contributed by atoms with Gasteiger partial charge in [-0.1, -0.05) is 78.9 Å². The van der Waals surface area contributed by atoms with Crippen LogP contribution in [-0.4, -0.2) is 53.1 Å². The molecule has 0 radical (unpaired) electrons. The van der Waals surface area contributed by atoms with E-state index in [-0.39, 0.29) is 6.61 Å². The molecule has 1 unspecified atom stereocenters. The van der Waals surface area contributed by atoms with E-state index in [4.69, 9.17) is 14.2 Å². The first-order chi connectivity index (χ1) is 16.7. The summed E-state index contributed by atoms with van der Waals surface area (Å²) in [7, 11) is 0. The van der Waals surface area contributed by atoms with Gasteiger partial charge in [-0.15, -0.1) is 0 Å². The molecule has 6 atom stereocenters. The minimum absolute atomic E-state index is 0.255. The summed E-state index contributed by atoms with van der Waals surface area (Å²) in [6, 6.07) is 28.9. The second kappa shape index (κ2) is 10.5. The number of ether oxygens (including phenoxy) is 3. The Morgan fingerprint density at radius 3 is 2.18 bits per heavy atom. The molecule has 2 aliphatic heterocycles. The number of aliphatic hydroxyl groups is 2. The number of para-hydroxylation sites is 1. The van der Waals surface area contributed by atoms with Crippen molar-refractivity contribution in [3.63, 3.8) is 0 Å². The van der Waals surface area contributed by atoms with E-state index >= 15 is 0 Å². The largest absolute Gasteiger partial charge is 0.388 e. The lowest BCUT2D eigenvalue weighted by molar-refractivity contribution is -0.327. The molecule has 34 heavy (non-hydrogen) atoms. The molecule has 0 aromatic heterocycles. The maximum absolute atomic E-state index is 10.9. The molecular weight excluding hydrogens is 432 g/mol. The molecule has 176 valence electrons. The van der Waals surface area contributed by atoms with Crippen LogP contribution in [0.1, 0.15) is 23.8 Å². The molecule has 7 heteroatoms. The third-order valence-corrected chi connectivity index (χ3v) is 6.14. The van der Waals surface area contributed by atoms with Crippen LogP contribution >= 0.6 is 0 Å². The van der Waals surface area contributed by atoms with Gasteiger partial charge in [-0.3, -0.25) is 5.43 Å². The van der Waals surface area contributed by atoms with Crippen LogP contribution in [0.25, 0.3) is 0 Å². The van der Waals surface area contributed by atoms with Crippen molar-refractivity contribution in [2.75, 3.05) is 12.0 Å². The van der Waals surface area contributed by atoms with Crippen molar-refractivity contribution in [1.29, 1.82) is 0 Å². The monoisotopic (exact) mass is 460 g/mol. The number of anilines is 1. The number of hydrazone groups is 1. The van der Waals surface area contributed by atoms with Crippen molar-refractivity contribution in [3.05, 3.63) is 102 Å². The third kappa shape index (κ3) is 5.04. The Hall–Kier alpha value is -3.07. The molecule has 3 N–H and O–H groups in total. The number of fused-ring (bicyclic) bond motifs is 1. The van der Waals surface area contributed by atoms with Gasteiger partial charge in [0.05, 0.1) is 24.1 Å². The van der Waals surface area contributed by atoms with Crippen molar-refractivity contribution in [3.8, 4) is 0 Å². The Labute approximate surface area is 198 Å². The minimum atomic E-state index is -1.14. The fraction of sp³-hybridized carbons (Fsp3) is 0.296. The summed E-state index contributed by atoms with van der Waals surface area (Å²) in [5.41, 5.74) is 6.39. The molecule has 2 fully saturated rings. The fourth-order valence-electron chi connectivity index (χ4n) is 4.33. The topological polar surface area (TPSA) is 92.5 Å². The quantitative estimate of drug-likeness (QED) is 0.385. The molecule has 0 aliphatic carbocycles. The first kappa shape index (κ1) is 22.7. The molecule has 3 aromatic carbocycles. The first-order valence-electron chi connectivity index (χ1n) is 11.5. The van der Waals surface area contributed by atoms with E-state index in [9.17, 15) is 10.2 Å². The number of hydrogen-bond donors (Lipinski definition) is 3. The Morgan fingerprint density at radius 1 is 0.824 bits per heavy atom. The van der Waals surface area contributed by atoms with Crippen LogP contribution in [0.5, 0.6) is 0 Å². The zero-order chi connectivity index (χ0) is 23.3. The van der Waals surface area contributed by atoms with E-state index in [1.165, 1.54) is 0 Å². The molecule has 0 spiro atoms. The maximum Gasteiger partial charge on any atom is 0.184 e. The normalized spacial score (nSPS) is 29.3. The Bertz CT molecular complexity index is 1080. The van der Waals surface area contributed by atoms with Crippen molar-refractivity contribution >= 4 is 11.4 Å². The van der Waals surface area contributed by atoms with E-state index in [0.717, 1.165) is 16.8 Å². The average Bonchev–Trinajstić information content (AvgIpc) is 2.90. The number of rotatable bonds is 6. The van der Waals surface area contributed by atoms with Crippen LogP contribution in [0, 0.1) is 0 Å². The summed E-state index contributed by atoms with van der Waals surface area (Å²) in [4.78, 5) is 0. The van der Waals surface area contributed by atoms with Crippen molar-refractivity contribution in [2.24, 2.45) is 5.10 Å². The van der Waals surface area contributed by atoms with Gasteiger partial charge in [0.15, 0.2) is 6.29 Å². The smallest absolute Gasteiger partial charge is 0.184 e. The second-order valence-corrected chi connectivity index (χ2v) is 8.48. The van der Waals surface area contributed by atoms with Crippen LogP contribution in [0.15, 0.2) is 96.1 Å². The van der Waals surface area contributed by atoms with Crippen LogP contribution < -0.4 is 5.43 Å². The maximum atomic E-state index is 10.9. The zero-order valence-electron chi connectivity index (χ0n) is 18.6. The molecule has 2 aliphatic rings. The highest BCUT2D eigenvalue weighted by Gasteiger charge is 2.48. The van der Waals surface area contributed by atoms with E-state index in [2.05, 4.69) is 10.5 Å². The van der Waals surface area contributed by atoms with Gasteiger partial charge in [0, 0.05) is 12.0 Å². The highest BCUT2D eigenvalue weighted by molar-refractivity contribution is 6.01. The van der Waals surface area contributed by atoms with Gasteiger partial charge < -0.3 is 24.4 Å². The summed E-state index contributed by atoms with van der Waals surface area (Å²) >= 11 is 0. The van der Waals surface area contributed by atoms with Gasteiger partial charge in [-0.25, -0.2) is 0 Å².